The molecule has 1 radical (unpaired) electrons. The number of carbonyl (C=O) groups is 1. The zero-order valence-electron chi connectivity index (χ0n) is 16.2. The summed E-state index contributed by atoms with van der Waals surface area (Å²) in [5.74, 6) is 0. The molecule has 1 atom stereocenters. The number of urea groups is 1. The molecule has 1 aromatic carbocycles. The maximum absolute atomic E-state index is 12.4. The van der Waals surface area contributed by atoms with E-state index in [1.165, 1.54) is 22.3 Å². The van der Waals surface area contributed by atoms with Gasteiger partial charge in [-0.15, -0.1) is 0 Å². The smallest absolute Gasteiger partial charge is 0.308 e. The zero-order chi connectivity index (χ0) is 18.2. The molecular formula is C18H27KN3O3S. The second-order valence-corrected chi connectivity index (χ2v) is 9.51. The summed E-state index contributed by atoms with van der Waals surface area (Å²) in [4.78, 5) is 14.2. The third kappa shape index (κ3) is 4.90. The van der Waals surface area contributed by atoms with Crippen molar-refractivity contribution in [2.45, 2.75) is 50.7 Å². The van der Waals surface area contributed by atoms with E-state index in [0.29, 0.717) is 6.54 Å². The summed E-state index contributed by atoms with van der Waals surface area (Å²) in [7, 11) is -0.0901. The number of aryl methyl sites for hydroxylation is 2. The Morgan fingerprint density at radius 3 is 2.15 bits per heavy atom. The Morgan fingerprint density at radius 1 is 1.12 bits per heavy atom. The molecule has 2 amide bonds. The van der Waals surface area contributed by atoms with E-state index in [1.54, 1.807) is 11.8 Å². The Labute approximate surface area is 199 Å². The number of amides is 2. The Bertz CT molecular complexity index is 761. The average Bonchev–Trinajstić information content (AvgIpc) is 3.14. The van der Waals surface area contributed by atoms with Crippen molar-refractivity contribution in [2.75, 3.05) is 26.0 Å². The fraction of sp³-hybridized carbons (Fsp3) is 0.611. The number of rotatable bonds is 5. The van der Waals surface area contributed by atoms with E-state index in [9.17, 15) is 13.2 Å². The van der Waals surface area contributed by atoms with Gasteiger partial charge in [0.25, 0.3) is 0 Å². The molecule has 6 nitrogen and oxygen atoms in total. The summed E-state index contributed by atoms with van der Waals surface area (Å²) in [6.07, 6.45) is 6.15. The molecule has 0 bridgehead atoms. The van der Waals surface area contributed by atoms with Gasteiger partial charge >= 0.3 is 6.03 Å². The standard InChI is InChI=1S/C18H27N3O3S.K/c1-12(11-21(2)3)25(23,24)20-18(22)19-17-15-8-4-6-13(15)10-14-7-5-9-16(14)17;/h10,12H,4-9,11H2,1-3H3,(H2,19,20,22);. The van der Waals surface area contributed by atoms with Crippen molar-refractivity contribution in [3.05, 3.63) is 28.3 Å². The van der Waals surface area contributed by atoms with Crippen molar-refractivity contribution in [1.29, 1.82) is 0 Å². The molecule has 8 heteroatoms. The second-order valence-electron chi connectivity index (χ2n) is 7.41. The minimum absolute atomic E-state index is 0. The average molecular weight is 405 g/mol. The second kappa shape index (κ2) is 9.02. The Kier molecular flexibility index (Phi) is 7.75. The topological polar surface area (TPSA) is 78.5 Å². The van der Waals surface area contributed by atoms with Gasteiger partial charge < -0.3 is 10.2 Å². The zero-order valence-corrected chi connectivity index (χ0v) is 20.1. The molecule has 139 valence electrons. The number of nitrogens with zero attached hydrogens (tertiary/aromatic N) is 1. The number of sulfonamides is 1. The number of fused-ring (bicyclic) bond motifs is 2. The van der Waals surface area contributed by atoms with Crippen molar-refractivity contribution in [3.8, 4) is 0 Å². The molecule has 3 rings (SSSR count). The fourth-order valence-corrected chi connectivity index (χ4v) is 4.95. The molecule has 26 heavy (non-hydrogen) atoms. The largest absolute Gasteiger partial charge is 0.332 e. The van der Waals surface area contributed by atoms with Crippen LogP contribution in [0.25, 0.3) is 0 Å². The molecule has 0 aliphatic heterocycles. The normalized spacial score (nSPS) is 16.6. The van der Waals surface area contributed by atoms with Gasteiger partial charge in [0.05, 0.1) is 5.25 Å². The third-order valence-corrected chi connectivity index (χ3v) is 6.78. The van der Waals surface area contributed by atoms with Crippen LogP contribution in [0.3, 0.4) is 0 Å². The van der Waals surface area contributed by atoms with Gasteiger partial charge in [0.15, 0.2) is 0 Å². The van der Waals surface area contributed by atoms with Crippen LogP contribution in [0.15, 0.2) is 6.07 Å². The van der Waals surface area contributed by atoms with Crippen molar-refractivity contribution in [2.24, 2.45) is 0 Å². The number of hydrogen-bond acceptors (Lipinski definition) is 4. The van der Waals surface area contributed by atoms with Gasteiger partial charge in [0.1, 0.15) is 0 Å². The van der Waals surface area contributed by atoms with Crippen LogP contribution in [0.5, 0.6) is 0 Å². The van der Waals surface area contributed by atoms with Crippen LogP contribution in [-0.2, 0) is 35.7 Å². The number of hydrogen-bond donors (Lipinski definition) is 2. The van der Waals surface area contributed by atoms with E-state index >= 15 is 0 Å². The first-order valence-corrected chi connectivity index (χ1v) is 10.5. The van der Waals surface area contributed by atoms with Crippen LogP contribution in [-0.4, -0.2) is 96.6 Å². The first-order chi connectivity index (χ1) is 11.8. The molecule has 2 aliphatic carbocycles. The molecule has 0 saturated heterocycles. The van der Waals surface area contributed by atoms with Crippen LogP contribution in [0.1, 0.15) is 42.0 Å². The first-order valence-electron chi connectivity index (χ1n) is 8.92. The third-order valence-electron chi connectivity index (χ3n) is 5.10. The first kappa shape index (κ1) is 22.3. The van der Waals surface area contributed by atoms with E-state index in [1.807, 2.05) is 14.1 Å². The van der Waals surface area contributed by atoms with E-state index < -0.39 is 21.3 Å². The summed E-state index contributed by atoms with van der Waals surface area (Å²) in [5, 5.41) is 2.20. The molecule has 0 fully saturated rings. The van der Waals surface area contributed by atoms with E-state index in [-0.39, 0.29) is 51.4 Å². The van der Waals surface area contributed by atoms with E-state index in [0.717, 1.165) is 44.2 Å². The quantitative estimate of drug-likeness (QED) is 0.732. The molecule has 0 spiro atoms. The van der Waals surface area contributed by atoms with Gasteiger partial charge in [0, 0.05) is 63.6 Å². The van der Waals surface area contributed by atoms with Gasteiger partial charge in [-0.1, -0.05) is 6.07 Å². The van der Waals surface area contributed by atoms with Crippen molar-refractivity contribution in [1.82, 2.24) is 9.62 Å². The summed E-state index contributed by atoms with van der Waals surface area (Å²) in [6, 6.07) is 1.63. The number of anilines is 1. The maximum Gasteiger partial charge on any atom is 0.332 e. The summed E-state index contributed by atoms with van der Waals surface area (Å²) in [6.45, 7) is 1.96. The Balaban J connectivity index is 0.00000243. The van der Waals surface area contributed by atoms with Crippen LogP contribution >= 0.6 is 0 Å². The van der Waals surface area contributed by atoms with Crippen LogP contribution in [0.4, 0.5) is 10.5 Å². The van der Waals surface area contributed by atoms with Crippen molar-refractivity contribution >= 4 is 73.1 Å². The summed E-state index contributed by atoms with van der Waals surface area (Å²) in [5.41, 5.74) is 5.85. The number of benzene rings is 1. The maximum atomic E-state index is 12.4. The van der Waals surface area contributed by atoms with E-state index in [2.05, 4.69) is 16.1 Å². The fourth-order valence-electron chi connectivity index (χ4n) is 3.95. The summed E-state index contributed by atoms with van der Waals surface area (Å²) < 4.78 is 26.9. The van der Waals surface area contributed by atoms with Gasteiger partial charge in [-0.25, -0.2) is 17.9 Å². The molecule has 2 aliphatic rings. The van der Waals surface area contributed by atoms with Gasteiger partial charge in [-0.2, -0.15) is 0 Å². The predicted molar refractivity (Wildman–Crippen MR) is 105 cm³/mol. The Morgan fingerprint density at radius 2 is 1.65 bits per heavy atom. The van der Waals surface area contributed by atoms with E-state index in [4.69, 9.17) is 0 Å². The molecule has 1 aromatic rings. The van der Waals surface area contributed by atoms with Gasteiger partial charge in [-0.05, 0) is 81.8 Å². The predicted octanol–water partition coefficient (Wildman–Crippen LogP) is 1.68. The summed E-state index contributed by atoms with van der Waals surface area (Å²) >= 11 is 0. The minimum atomic E-state index is -3.71. The molecule has 1 unspecified atom stereocenters. The molecule has 0 aromatic heterocycles. The van der Waals surface area contributed by atoms with Crippen LogP contribution in [0, 0.1) is 0 Å². The molecule has 2 N–H and O–H groups in total. The number of carbonyl (C=O) groups excluding carboxylic acids is 1. The van der Waals surface area contributed by atoms with Crippen LogP contribution in [0.2, 0.25) is 0 Å². The van der Waals surface area contributed by atoms with Gasteiger partial charge in [0.2, 0.25) is 10.0 Å². The van der Waals surface area contributed by atoms with Crippen molar-refractivity contribution < 1.29 is 13.2 Å². The van der Waals surface area contributed by atoms with Gasteiger partial charge in [-0.3, -0.25) is 0 Å². The van der Waals surface area contributed by atoms with Crippen molar-refractivity contribution in [3.63, 3.8) is 0 Å². The van der Waals surface area contributed by atoms with Crippen LogP contribution < -0.4 is 10.0 Å². The molecule has 0 saturated carbocycles. The SMILES string of the molecule is CC(CN(C)C)S(=O)(=O)NC(=O)Nc1c2c(cc3c1CCC3)CCC2.[K]. The minimum Gasteiger partial charge on any atom is -0.308 e. The number of nitrogens with one attached hydrogen (secondary N) is 2. The Hall–Kier alpha value is 0.0364. The monoisotopic (exact) mass is 404 g/mol. The molecular weight excluding hydrogens is 377 g/mol. The molecule has 0 heterocycles.